The van der Waals surface area contributed by atoms with Gasteiger partial charge in [0.25, 0.3) is 5.69 Å². The summed E-state index contributed by atoms with van der Waals surface area (Å²) in [5.41, 5.74) is 3.54. The van der Waals surface area contributed by atoms with Crippen molar-refractivity contribution < 1.29 is 4.92 Å². The molecule has 0 unspecified atom stereocenters. The fourth-order valence-electron chi connectivity index (χ4n) is 2.77. The zero-order chi connectivity index (χ0) is 20.2. The Kier molecular flexibility index (Phi) is 5.46. The molecule has 0 fully saturated rings. The number of thiazole rings is 1. The van der Waals surface area contributed by atoms with Gasteiger partial charge in [-0.3, -0.25) is 10.1 Å². The van der Waals surface area contributed by atoms with Crippen LogP contribution in [-0.2, 0) is 0 Å². The number of hydrogen-bond donors (Lipinski definition) is 0. The lowest BCUT2D eigenvalue weighted by atomic mass is 10.1. The molecule has 0 radical (unpaired) electrons. The highest BCUT2D eigenvalue weighted by atomic mass is 35.5. The number of nitro benzene ring substituents is 1. The molecule has 142 valence electrons. The van der Waals surface area contributed by atoms with Gasteiger partial charge in [0.1, 0.15) is 0 Å². The van der Waals surface area contributed by atoms with Gasteiger partial charge in [-0.05, 0) is 35.4 Å². The molecular weight excluding hydrogens is 406 g/mol. The Morgan fingerprint density at radius 3 is 2.24 bits per heavy atom. The molecule has 0 aliphatic rings. The molecule has 0 saturated carbocycles. The molecule has 0 aliphatic carbocycles. The van der Waals surface area contributed by atoms with Crippen LogP contribution < -0.4 is 0 Å². The van der Waals surface area contributed by atoms with Gasteiger partial charge in [-0.15, -0.1) is 0 Å². The van der Waals surface area contributed by atoms with Gasteiger partial charge in [0.2, 0.25) is 5.13 Å². The van der Waals surface area contributed by atoms with Crippen molar-refractivity contribution in [3.63, 3.8) is 0 Å². The smallest absolute Gasteiger partial charge is 0.258 e. The molecule has 3 aromatic carbocycles. The van der Waals surface area contributed by atoms with Crippen molar-refractivity contribution in [3.8, 4) is 21.7 Å². The molecule has 4 rings (SSSR count). The maximum atomic E-state index is 11.0. The van der Waals surface area contributed by atoms with Crippen molar-refractivity contribution in [3.05, 3.63) is 99.6 Å². The fraction of sp³-hybridized carbons (Fsp3) is 0. The van der Waals surface area contributed by atoms with E-state index in [2.05, 4.69) is 4.99 Å². The van der Waals surface area contributed by atoms with Crippen LogP contribution >= 0.6 is 22.9 Å². The molecule has 5 nitrogen and oxygen atoms in total. The van der Waals surface area contributed by atoms with Gasteiger partial charge in [-0.2, -0.15) is 0 Å². The second-order valence-electron chi connectivity index (χ2n) is 6.15. The highest BCUT2D eigenvalue weighted by molar-refractivity contribution is 7.19. The van der Waals surface area contributed by atoms with Crippen molar-refractivity contribution in [1.82, 2.24) is 4.98 Å². The Morgan fingerprint density at radius 2 is 1.59 bits per heavy atom. The monoisotopic (exact) mass is 419 g/mol. The van der Waals surface area contributed by atoms with E-state index in [1.54, 1.807) is 18.3 Å². The van der Waals surface area contributed by atoms with Crippen LogP contribution in [0.5, 0.6) is 0 Å². The first kappa shape index (κ1) is 19.0. The average Bonchev–Trinajstić information content (AvgIpc) is 3.18. The molecule has 7 heteroatoms. The lowest BCUT2D eigenvalue weighted by Gasteiger charge is -2.03. The van der Waals surface area contributed by atoms with E-state index in [-0.39, 0.29) is 5.69 Å². The van der Waals surface area contributed by atoms with Crippen molar-refractivity contribution in [2.24, 2.45) is 4.99 Å². The minimum absolute atomic E-state index is 0.0497. The first-order valence-electron chi connectivity index (χ1n) is 8.71. The summed E-state index contributed by atoms with van der Waals surface area (Å²) in [6.45, 7) is 0. The lowest BCUT2D eigenvalue weighted by Crippen LogP contribution is -1.87. The van der Waals surface area contributed by atoms with Crippen molar-refractivity contribution in [2.75, 3.05) is 0 Å². The van der Waals surface area contributed by atoms with Gasteiger partial charge in [0.15, 0.2) is 0 Å². The summed E-state index contributed by atoms with van der Waals surface area (Å²) in [7, 11) is 0. The Bertz CT molecular complexity index is 1170. The highest BCUT2D eigenvalue weighted by Gasteiger charge is 2.16. The minimum Gasteiger partial charge on any atom is -0.258 e. The molecule has 1 heterocycles. The van der Waals surface area contributed by atoms with Crippen LogP contribution in [0.4, 0.5) is 10.8 Å². The Hall–Kier alpha value is -3.35. The van der Waals surface area contributed by atoms with Crippen molar-refractivity contribution in [1.29, 1.82) is 0 Å². The molecule has 0 aliphatic heterocycles. The van der Waals surface area contributed by atoms with Crippen LogP contribution in [0.15, 0.2) is 83.9 Å². The summed E-state index contributed by atoms with van der Waals surface area (Å²) in [5.74, 6) is 0. The van der Waals surface area contributed by atoms with E-state index in [9.17, 15) is 10.1 Å². The second kappa shape index (κ2) is 8.34. The van der Waals surface area contributed by atoms with E-state index in [0.717, 1.165) is 27.3 Å². The fourth-order valence-corrected chi connectivity index (χ4v) is 3.83. The van der Waals surface area contributed by atoms with Crippen LogP contribution in [0.25, 0.3) is 21.7 Å². The summed E-state index contributed by atoms with van der Waals surface area (Å²) in [4.78, 5) is 20.7. The highest BCUT2D eigenvalue weighted by Crippen LogP contribution is 2.40. The van der Waals surface area contributed by atoms with Gasteiger partial charge in [0.05, 0.1) is 15.5 Å². The average molecular weight is 420 g/mol. The van der Waals surface area contributed by atoms with E-state index in [1.807, 2.05) is 54.6 Å². The molecule has 1 aromatic heterocycles. The Balaban J connectivity index is 1.77. The number of non-ortho nitro benzene ring substituents is 1. The zero-order valence-corrected chi connectivity index (χ0v) is 16.6. The summed E-state index contributed by atoms with van der Waals surface area (Å²) in [6, 6.07) is 23.6. The van der Waals surface area contributed by atoms with Gasteiger partial charge in [-0.1, -0.05) is 65.4 Å². The standard InChI is InChI=1S/C22H14ClN3O2S/c23-18-10-6-16(7-11-18)20-21(17-8-12-19(13-9-17)26(27)28)29-22(25-20)24-14-15-4-2-1-3-5-15/h1-14H. The number of aromatic nitrogens is 1. The van der Waals surface area contributed by atoms with Crippen LogP contribution in [0.1, 0.15) is 5.56 Å². The molecule has 0 atom stereocenters. The molecule has 4 aromatic rings. The van der Waals surface area contributed by atoms with E-state index in [1.165, 1.54) is 23.5 Å². The quantitative estimate of drug-likeness (QED) is 0.203. The van der Waals surface area contributed by atoms with Gasteiger partial charge in [0, 0.05) is 28.9 Å². The number of halogens is 1. The Morgan fingerprint density at radius 1 is 0.931 bits per heavy atom. The second-order valence-corrected chi connectivity index (χ2v) is 7.57. The largest absolute Gasteiger partial charge is 0.269 e. The molecule has 0 bridgehead atoms. The van der Waals surface area contributed by atoms with Crippen molar-refractivity contribution in [2.45, 2.75) is 0 Å². The predicted molar refractivity (Wildman–Crippen MR) is 118 cm³/mol. The normalized spacial score (nSPS) is 11.1. The maximum Gasteiger partial charge on any atom is 0.269 e. The summed E-state index contributed by atoms with van der Waals surface area (Å²) < 4.78 is 0. The SMILES string of the molecule is O=[N+]([O-])c1ccc(-c2sc(N=Cc3ccccc3)nc2-c2ccc(Cl)cc2)cc1. The molecular formula is C22H14ClN3O2S. The maximum absolute atomic E-state index is 11.0. The predicted octanol–water partition coefficient (Wildman–Crippen LogP) is 6.79. The first-order valence-corrected chi connectivity index (χ1v) is 9.90. The number of aliphatic imine (C=N–C) groups is 1. The van der Waals surface area contributed by atoms with Crippen molar-refractivity contribution >= 4 is 40.0 Å². The third-order valence-corrected chi connectivity index (χ3v) is 5.46. The topological polar surface area (TPSA) is 68.4 Å². The van der Waals surface area contributed by atoms with Crippen LogP contribution in [0, 0.1) is 10.1 Å². The zero-order valence-electron chi connectivity index (χ0n) is 15.0. The summed E-state index contributed by atoms with van der Waals surface area (Å²) in [6.07, 6.45) is 1.77. The molecule has 0 spiro atoms. The number of rotatable bonds is 5. The molecule has 0 saturated heterocycles. The van der Waals surface area contributed by atoms with Crippen LogP contribution in [0.2, 0.25) is 5.02 Å². The third-order valence-electron chi connectivity index (χ3n) is 4.20. The van der Waals surface area contributed by atoms with E-state index < -0.39 is 4.92 Å². The molecule has 0 N–H and O–H groups in total. The minimum atomic E-state index is -0.411. The number of nitro groups is 1. The van der Waals surface area contributed by atoms with E-state index in [4.69, 9.17) is 16.6 Å². The lowest BCUT2D eigenvalue weighted by molar-refractivity contribution is -0.384. The van der Waals surface area contributed by atoms with Gasteiger partial charge < -0.3 is 0 Å². The molecule has 29 heavy (non-hydrogen) atoms. The number of hydrogen-bond acceptors (Lipinski definition) is 5. The van der Waals surface area contributed by atoms with Gasteiger partial charge >= 0.3 is 0 Å². The van der Waals surface area contributed by atoms with Gasteiger partial charge in [-0.25, -0.2) is 9.98 Å². The Labute approximate surface area is 176 Å². The van der Waals surface area contributed by atoms with E-state index >= 15 is 0 Å². The summed E-state index contributed by atoms with van der Waals surface area (Å²) in [5, 5.41) is 12.2. The van der Waals surface area contributed by atoms with E-state index in [0.29, 0.717) is 10.2 Å². The van der Waals surface area contributed by atoms with Crippen LogP contribution in [-0.4, -0.2) is 16.1 Å². The third kappa shape index (κ3) is 4.39. The number of nitrogens with zero attached hydrogens (tertiary/aromatic N) is 3. The molecule has 0 amide bonds. The number of benzene rings is 3. The first-order chi connectivity index (χ1) is 14.1. The van der Waals surface area contributed by atoms with Crippen LogP contribution in [0.3, 0.4) is 0 Å². The summed E-state index contributed by atoms with van der Waals surface area (Å²) >= 11 is 7.45.